The SMILES string of the molecule is CCOc1cnc(CCC(=O)OC)o1. The van der Waals surface area contributed by atoms with Crippen LogP contribution in [0, 0.1) is 0 Å². The van der Waals surface area contributed by atoms with Crippen molar-refractivity contribution < 1.29 is 18.7 Å². The van der Waals surface area contributed by atoms with Crippen molar-refractivity contribution in [3.05, 3.63) is 12.1 Å². The van der Waals surface area contributed by atoms with E-state index in [0.717, 1.165) is 0 Å². The van der Waals surface area contributed by atoms with Crippen molar-refractivity contribution in [3.63, 3.8) is 0 Å². The zero-order valence-corrected chi connectivity index (χ0v) is 8.28. The average molecular weight is 199 g/mol. The fraction of sp³-hybridized carbons (Fsp3) is 0.556. The van der Waals surface area contributed by atoms with Crippen molar-refractivity contribution in [1.82, 2.24) is 4.98 Å². The second-order valence-corrected chi connectivity index (χ2v) is 2.58. The van der Waals surface area contributed by atoms with Gasteiger partial charge in [-0.1, -0.05) is 0 Å². The van der Waals surface area contributed by atoms with Crippen LogP contribution in [-0.4, -0.2) is 24.7 Å². The Balaban J connectivity index is 2.39. The molecule has 5 nitrogen and oxygen atoms in total. The van der Waals surface area contributed by atoms with Crippen LogP contribution < -0.4 is 4.74 Å². The van der Waals surface area contributed by atoms with E-state index in [1.807, 2.05) is 6.92 Å². The van der Waals surface area contributed by atoms with Gasteiger partial charge in [-0.05, 0) is 6.92 Å². The number of hydrogen-bond donors (Lipinski definition) is 0. The first-order valence-electron chi connectivity index (χ1n) is 4.40. The summed E-state index contributed by atoms with van der Waals surface area (Å²) < 4.78 is 14.7. The van der Waals surface area contributed by atoms with E-state index in [1.54, 1.807) is 0 Å². The highest BCUT2D eigenvalue weighted by atomic mass is 16.6. The zero-order chi connectivity index (χ0) is 10.4. The lowest BCUT2D eigenvalue weighted by atomic mass is 10.3. The Hall–Kier alpha value is -1.52. The minimum atomic E-state index is -0.277. The molecule has 0 saturated heterocycles. The van der Waals surface area contributed by atoms with E-state index in [2.05, 4.69) is 9.72 Å². The maximum atomic E-state index is 10.8. The third-order valence-electron chi connectivity index (χ3n) is 1.59. The molecule has 0 saturated carbocycles. The third-order valence-corrected chi connectivity index (χ3v) is 1.59. The highest BCUT2D eigenvalue weighted by molar-refractivity contribution is 5.69. The van der Waals surface area contributed by atoms with Crippen LogP contribution in [0.1, 0.15) is 19.2 Å². The van der Waals surface area contributed by atoms with Gasteiger partial charge in [0.05, 0.1) is 20.1 Å². The van der Waals surface area contributed by atoms with Gasteiger partial charge in [0.2, 0.25) is 0 Å². The second kappa shape index (κ2) is 5.26. The molecule has 0 radical (unpaired) electrons. The van der Waals surface area contributed by atoms with E-state index in [-0.39, 0.29) is 12.4 Å². The molecule has 1 aromatic rings. The predicted octanol–water partition coefficient (Wildman–Crippen LogP) is 1.18. The number of aryl methyl sites for hydroxylation is 1. The molecule has 14 heavy (non-hydrogen) atoms. The first-order chi connectivity index (χ1) is 6.76. The molecule has 0 bridgehead atoms. The van der Waals surface area contributed by atoms with Crippen LogP contribution in [0.4, 0.5) is 0 Å². The topological polar surface area (TPSA) is 61.6 Å². The van der Waals surface area contributed by atoms with Crippen molar-refractivity contribution in [2.24, 2.45) is 0 Å². The predicted molar refractivity (Wildman–Crippen MR) is 48.0 cm³/mol. The lowest BCUT2D eigenvalue weighted by molar-refractivity contribution is -0.140. The monoisotopic (exact) mass is 199 g/mol. The molecule has 0 atom stereocenters. The number of aromatic nitrogens is 1. The van der Waals surface area contributed by atoms with Gasteiger partial charge in [0, 0.05) is 6.42 Å². The lowest BCUT2D eigenvalue weighted by Gasteiger charge is -1.96. The number of oxazole rings is 1. The van der Waals surface area contributed by atoms with Gasteiger partial charge in [-0.25, -0.2) is 4.98 Å². The Labute approximate surface area is 82.0 Å². The van der Waals surface area contributed by atoms with E-state index in [0.29, 0.717) is 24.9 Å². The Bertz CT molecular complexity index is 295. The summed E-state index contributed by atoms with van der Waals surface area (Å²) in [5.41, 5.74) is 0. The standard InChI is InChI=1S/C9H13NO4/c1-3-13-9-6-10-7(14-9)4-5-8(11)12-2/h6H,3-5H2,1-2H3. The number of rotatable bonds is 5. The molecule has 0 amide bonds. The molecule has 0 fully saturated rings. The van der Waals surface area contributed by atoms with Crippen LogP contribution in [0.2, 0.25) is 0 Å². The average Bonchev–Trinajstić information content (AvgIpc) is 2.63. The third kappa shape index (κ3) is 3.08. The number of esters is 1. The fourth-order valence-corrected chi connectivity index (χ4v) is 0.929. The quantitative estimate of drug-likeness (QED) is 0.666. The summed E-state index contributed by atoms with van der Waals surface area (Å²) in [4.78, 5) is 14.7. The van der Waals surface area contributed by atoms with Crippen molar-refractivity contribution in [3.8, 4) is 5.95 Å². The molecular weight excluding hydrogens is 186 g/mol. The van der Waals surface area contributed by atoms with E-state index >= 15 is 0 Å². The molecule has 0 aromatic carbocycles. The maximum Gasteiger partial charge on any atom is 0.306 e. The maximum absolute atomic E-state index is 10.8. The Morgan fingerprint density at radius 2 is 2.43 bits per heavy atom. The van der Waals surface area contributed by atoms with Gasteiger partial charge in [0.25, 0.3) is 0 Å². The van der Waals surface area contributed by atoms with E-state index < -0.39 is 0 Å². The molecule has 0 unspecified atom stereocenters. The van der Waals surface area contributed by atoms with Gasteiger partial charge in [0.1, 0.15) is 6.20 Å². The molecule has 1 heterocycles. The molecule has 5 heteroatoms. The number of nitrogens with zero attached hydrogens (tertiary/aromatic N) is 1. The molecule has 1 aromatic heterocycles. The molecule has 0 spiro atoms. The van der Waals surface area contributed by atoms with Crippen molar-refractivity contribution in [1.29, 1.82) is 0 Å². The van der Waals surface area contributed by atoms with Crippen LogP contribution in [0.5, 0.6) is 5.95 Å². The van der Waals surface area contributed by atoms with Gasteiger partial charge in [0.15, 0.2) is 5.89 Å². The molecule has 0 N–H and O–H groups in total. The number of carbonyl (C=O) groups excluding carboxylic acids is 1. The summed E-state index contributed by atoms with van der Waals surface area (Å²) in [6.45, 7) is 2.39. The fourth-order valence-electron chi connectivity index (χ4n) is 0.929. The summed E-state index contributed by atoms with van der Waals surface area (Å²) >= 11 is 0. The van der Waals surface area contributed by atoms with Crippen LogP contribution in [-0.2, 0) is 16.0 Å². The van der Waals surface area contributed by atoms with E-state index in [9.17, 15) is 4.79 Å². The normalized spacial score (nSPS) is 9.86. The van der Waals surface area contributed by atoms with Crippen molar-refractivity contribution in [2.45, 2.75) is 19.8 Å². The molecular formula is C9H13NO4. The Morgan fingerprint density at radius 3 is 3.07 bits per heavy atom. The van der Waals surface area contributed by atoms with Gasteiger partial charge < -0.3 is 13.9 Å². The van der Waals surface area contributed by atoms with Crippen LogP contribution in [0.3, 0.4) is 0 Å². The molecule has 0 aliphatic rings. The van der Waals surface area contributed by atoms with Gasteiger partial charge in [-0.2, -0.15) is 0 Å². The zero-order valence-electron chi connectivity index (χ0n) is 8.28. The summed E-state index contributed by atoms with van der Waals surface area (Å²) in [5.74, 6) is 0.590. The van der Waals surface area contributed by atoms with Crippen LogP contribution >= 0.6 is 0 Å². The minimum Gasteiger partial charge on any atom is -0.469 e. The van der Waals surface area contributed by atoms with Crippen molar-refractivity contribution in [2.75, 3.05) is 13.7 Å². The summed E-state index contributed by atoms with van der Waals surface area (Å²) in [7, 11) is 1.35. The second-order valence-electron chi connectivity index (χ2n) is 2.58. The highest BCUT2D eigenvalue weighted by Crippen LogP contribution is 2.13. The Kier molecular flexibility index (Phi) is 3.97. The number of carbonyl (C=O) groups is 1. The smallest absolute Gasteiger partial charge is 0.306 e. The Morgan fingerprint density at radius 1 is 1.64 bits per heavy atom. The first kappa shape index (κ1) is 10.6. The number of ether oxygens (including phenoxy) is 2. The molecule has 0 aliphatic carbocycles. The first-order valence-corrected chi connectivity index (χ1v) is 4.40. The lowest BCUT2D eigenvalue weighted by Crippen LogP contribution is -2.01. The van der Waals surface area contributed by atoms with Gasteiger partial charge in [-0.3, -0.25) is 4.79 Å². The summed E-state index contributed by atoms with van der Waals surface area (Å²) in [6, 6.07) is 0. The number of methoxy groups -OCH3 is 1. The van der Waals surface area contributed by atoms with Gasteiger partial charge in [-0.15, -0.1) is 0 Å². The number of hydrogen-bond acceptors (Lipinski definition) is 5. The van der Waals surface area contributed by atoms with Crippen molar-refractivity contribution >= 4 is 5.97 Å². The summed E-state index contributed by atoms with van der Waals surface area (Å²) in [5, 5.41) is 0. The summed E-state index contributed by atoms with van der Waals surface area (Å²) in [6.07, 6.45) is 2.19. The largest absolute Gasteiger partial charge is 0.469 e. The van der Waals surface area contributed by atoms with E-state index in [1.165, 1.54) is 13.3 Å². The highest BCUT2D eigenvalue weighted by Gasteiger charge is 2.07. The van der Waals surface area contributed by atoms with Crippen LogP contribution in [0.25, 0.3) is 0 Å². The van der Waals surface area contributed by atoms with Gasteiger partial charge >= 0.3 is 11.9 Å². The van der Waals surface area contributed by atoms with Crippen LogP contribution in [0.15, 0.2) is 10.6 Å². The molecule has 0 aliphatic heterocycles. The minimum absolute atomic E-state index is 0.266. The molecule has 1 rings (SSSR count). The molecule has 78 valence electrons. The van der Waals surface area contributed by atoms with E-state index in [4.69, 9.17) is 9.15 Å².